The van der Waals surface area contributed by atoms with Gasteiger partial charge in [-0.1, -0.05) is 6.58 Å². The van der Waals surface area contributed by atoms with Gasteiger partial charge in [0, 0.05) is 6.42 Å². The molecule has 10 heteroatoms. The van der Waals surface area contributed by atoms with Crippen LogP contribution in [-0.4, -0.2) is 42.4 Å². The summed E-state index contributed by atoms with van der Waals surface area (Å²) in [5.74, 6) is -0.792. The van der Waals surface area contributed by atoms with Gasteiger partial charge >= 0.3 is 11.8 Å². The van der Waals surface area contributed by atoms with Gasteiger partial charge in [-0.05, 0) is 52.5 Å². The monoisotopic (exact) mass is 401 g/mol. The van der Waals surface area contributed by atoms with Crippen LogP contribution in [0.15, 0.2) is 12.7 Å². The van der Waals surface area contributed by atoms with Crippen LogP contribution in [0.1, 0.15) is 41.0 Å². The molecule has 6 nitrogen and oxygen atoms in total. The summed E-state index contributed by atoms with van der Waals surface area (Å²) >= 11 is 4.91. The highest BCUT2D eigenvalue weighted by Crippen LogP contribution is 2.63. The van der Waals surface area contributed by atoms with E-state index < -0.39 is 42.1 Å². The molecular formula is C15H26F2NO5PS. The number of ether oxygens (including phenoxy) is 1. The van der Waals surface area contributed by atoms with Gasteiger partial charge in [0.2, 0.25) is 0 Å². The van der Waals surface area contributed by atoms with Crippen molar-refractivity contribution >= 4 is 30.2 Å². The molecule has 0 aromatic heterocycles. The average molecular weight is 401 g/mol. The summed E-state index contributed by atoms with van der Waals surface area (Å²) in [7, 11) is 0. The Kier molecular flexibility index (Phi) is 9.36. The smallest absolute Gasteiger partial charge is 0.408 e. The maximum atomic E-state index is 14.7. The molecule has 0 aliphatic rings. The van der Waals surface area contributed by atoms with Crippen molar-refractivity contribution in [3.05, 3.63) is 12.7 Å². The highest BCUT2D eigenvalue weighted by molar-refractivity contribution is 8.10. The van der Waals surface area contributed by atoms with Gasteiger partial charge in [-0.25, -0.2) is 4.79 Å². The Labute approximate surface area is 152 Å². The van der Waals surface area contributed by atoms with E-state index in [4.69, 9.17) is 25.6 Å². The second-order valence-electron chi connectivity index (χ2n) is 6.01. The molecule has 0 bridgehead atoms. The zero-order valence-electron chi connectivity index (χ0n) is 15.1. The van der Waals surface area contributed by atoms with Gasteiger partial charge in [-0.3, -0.25) is 4.79 Å². The second kappa shape index (κ2) is 9.71. The SMILES string of the molecule is C=CC(=O)[C@@H](CC(F)(F)P(=S)(OCC)OCC)NC(=O)OC(C)(C)C. The molecule has 0 rings (SSSR count). The van der Waals surface area contributed by atoms with E-state index in [1.165, 1.54) is 13.8 Å². The van der Waals surface area contributed by atoms with E-state index in [9.17, 15) is 18.4 Å². The van der Waals surface area contributed by atoms with Gasteiger partial charge in [0.05, 0.1) is 13.2 Å². The number of nitrogens with one attached hydrogen (secondary N) is 1. The molecule has 0 spiro atoms. The molecule has 0 unspecified atom stereocenters. The van der Waals surface area contributed by atoms with Crippen LogP contribution in [0, 0.1) is 0 Å². The molecule has 0 aliphatic heterocycles. The highest BCUT2D eigenvalue weighted by Gasteiger charge is 2.51. The van der Waals surface area contributed by atoms with Crippen LogP contribution in [-0.2, 0) is 30.4 Å². The van der Waals surface area contributed by atoms with E-state index in [-0.39, 0.29) is 13.2 Å². The first-order valence-corrected chi connectivity index (χ1v) is 10.4. The van der Waals surface area contributed by atoms with Crippen molar-refractivity contribution in [2.75, 3.05) is 13.2 Å². The van der Waals surface area contributed by atoms with Crippen molar-refractivity contribution in [3.8, 4) is 0 Å². The Morgan fingerprint density at radius 2 is 1.72 bits per heavy atom. The molecule has 25 heavy (non-hydrogen) atoms. The minimum absolute atomic E-state index is 0.0631. The van der Waals surface area contributed by atoms with Gasteiger partial charge in [-0.15, -0.1) is 0 Å². The molecular weight excluding hydrogens is 375 g/mol. The predicted octanol–water partition coefficient (Wildman–Crippen LogP) is 4.00. The fourth-order valence-electron chi connectivity index (χ4n) is 1.74. The third kappa shape index (κ3) is 7.90. The van der Waals surface area contributed by atoms with E-state index in [2.05, 4.69) is 11.9 Å². The van der Waals surface area contributed by atoms with Crippen LogP contribution in [0.4, 0.5) is 13.6 Å². The largest absolute Gasteiger partial charge is 0.444 e. The Bertz CT molecular complexity index is 527. The number of carbonyl (C=O) groups is 2. The molecule has 146 valence electrons. The lowest BCUT2D eigenvalue weighted by Crippen LogP contribution is -2.46. The lowest BCUT2D eigenvalue weighted by atomic mass is 10.1. The average Bonchev–Trinajstić information content (AvgIpc) is 2.43. The third-order valence-electron chi connectivity index (χ3n) is 2.68. The summed E-state index contributed by atoms with van der Waals surface area (Å²) in [4.78, 5) is 23.7. The molecule has 1 amide bonds. The number of alkyl halides is 2. The van der Waals surface area contributed by atoms with E-state index >= 15 is 0 Å². The maximum Gasteiger partial charge on any atom is 0.408 e. The number of carbonyl (C=O) groups excluding carboxylic acids is 2. The first-order valence-electron chi connectivity index (χ1n) is 7.74. The molecule has 0 fully saturated rings. The topological polar surface area (TPSA) is 73.9 Å². The van der Waals surface area contributed by atoms with Crippen molar-refractivity contribution < 1.29 is 32.2 Å². The summed E-state index contributed by atoms with van der Waals surface area (Å²) in [6.45, 7) is 7.00. The first-order chi connectivity index (χ1) is 11.3. The Morgan fingerprint density at radius 3 is 2.08 bits per heavy atom. The summed E-state index contributed by atoms with van der Waals surface area (Å²) in [5, 5.41) is 2.14. The standard InChI is InChI=1S/C15H26F2NO5PS/c1-7-12(19)11(18-13(20)23-14(4,5)6)10-15(16,17)24(25,21-8-2)22-9-3/h7,11H,1,8-10H2,2-6H3,(H,18,20)/t11-/m1/s1. The number of halogens is 2. The van der Waals surface area contributed by atoms with Crippen LogP contribution in [0.25, 0.3) is 0 Å². The number of alkyl carbamates (subject to hydrolysis) is 1. The Morgan fingerprint density at radius 1 is 1.24 bits per heavy atom. The summed E-state index contributed by atoms with van der Waals surface area (Å²) in [5.41, 5.74) is -4.48. The molecule has 0 aromatic carbocycles. The number of amides is 1. The normalized spacial score (nSPS) is 13.9. The maximum absolute atomic E-state index is 14.7. The Hall–Kier alpha value is -0.890. The summed E-state index contributed by atoms with van der Waals surface area (Å²) in [6.07, 6.45) is -1.22. The van der Waals surface area contributed by atoms with Gasteiger partial charge in [0.25, 0.3) is 6.49 Å². The second-order valence-corrected chi connectivity index (χ2v) is 9.62. The van der Waals surface area contributed by atoms with Crippen molar-refractivity contribution in [3.63, 3.8) is 0 Å². The number of hydrogen-bond acceptors (Lipinski definition) is 6. The fraction of sp³-hybridized carbons (Fsp3) is 0.733. The van der Waals surface area contributed by atoms with Crippen LogP contribution >= 0.6 is 6.49 Å². The molecule has 0 radical (unpaired) electrons. The Balaban J connectivity index is 5.42. The fourth-order valence-corrected chi connectivity index (χ4v) is 4.13. The molecule has 1 N–H and O–H groups in total. The van der Waals surface area contributed by atoms with Crippen LogP contribution in [0.2, 0.25) is 0 Å². The van der Waals surface area contributed by atoms with Crippen molar-refractivity contribution in [2.45, 2.75) is 58.3 Å². The number of ketones is 1. The predicted molar refractivity (Wildman–Crippen MR) is 95.5 cm³/mol. The zero-order valence-corrected chi connectivity index (χ0v) is 16.8. The van der Waals surface area contributed by atoms with E-state index in [0.717, 1.165) is 6.08 Å². The van der Waals surface area contributed by atoms with E-state index in [0.29, 0.717) is 0 Å². The lowest BCUT2D eigenvalue weighted by Gasteiger charge is -2.31. The lowest BCUT2D eigenvalue weighted by molar-refractivity contribution is -0.118. The molecule has 1 atom stereocenters. The summed E-state index contributed by atoms with van der Waals surface area (Å²) in [6, 6.07) is -1.56. The van der Waals surface area contributed by atoms with Gasteiger partial charge in [0.15, 0.2) is 5.78 Å². The quantitative estimate of drug-likeness (QED) is 0.441. The van der Waals surface area contributed by atoms with Crippen molar-refractivity contribution in [1.82, 2.24) is 5.32 Å². The van der Waals surface area contributed by atoms with E-state index in [1.54, 1.807) is 20.8 Å². The first kappa shape index (κ1) is 24.1. The van der Waals surface area contributed by atoms with Crippen molar-refractivity contribution in [2.24, 2.45) is 0 Å². The van der Waals surface area contributed by atoms with Crippen LogP contribution < -0.4 is 5.32 Å². The van der Waals surface area contributed by atoms with E-state index in [1.807, 2.05) is 0 Å². The zero-order chi connectivity index (χ0) is 19.9. The molecule has 0 saturated heterocycles. The third-order valence-corrected chi connectivity index (χ3v) is 6.30. The molecule has 0 heterocycles. The van der Waals surface area contributed by atoms with Gasteiger partial charge < -0.3 is 19.1 Å². The number of rotatable bonds is 10. The van der Waals surface area contributed by atoms with Crippen molar-refractivity contribution in [1.29, 1.82) is 0 Å². The van der Waals surface area contributed by atoms with Crippen LogP contribution in [0.5, 0.6) is 0 Å². The van der Waals surface area contributed by atoms with Crippen LogP contribution in [0.3, 0.4) is 0 Å². The minimum atomic E-state index is -3.99. The minimum Gasteiger partial charge on any atom is -0.444 e. The molecule has 0 saturated carbocycles. The van der Waals surface area contributed by atoms with Gasteiger partial charge in [0.1, 0.15) is 11.6 Å². The molecule has 0 aromatic rings. The number of hydrogen-bond donors (Lipinski definition) is 1. The molecule has 0 aliphatic carbocycles. The van der Waals surface area contributed by atoms with Gasteiger partial charge in [-0.2, -0.15) is 8.78 Å². The summed E-state index contributed by atoms with van der Waals surface area (Å²) < 4.78 is 44.4. The highest BCUT2D eigenvalue weighted by atomic mass is 32.5.